The standard InChI is InChI=1S/C13H25NO3SSi/c1-8(17-19(6,7)13(3,4)5)10-11(16)14-12(10)18-9(2)15/h8,10,12H,1-7H3,(H,14,16)/t8-,10?,12?/m1/s1. The fraction of sp³-hybridized carbons (Fsp3) is 0.846. The lowest BCUT2D eigenvalue weighted by Crippen LogP contribution is -2.62. The summed E-state index contributed by atoms with van der Waals surface area (Å²) in [5, 5.41) is 2.77. The van der Waals surface area contributed by atoms with Crippen molar-refractivity contribution in [2.45, 2.75) is 64.2 Å². The van der Waals surface area contributed by atoms with Gasteiger partial charge < -0.3 is 9.74 Å². The molecule has 4 nitrogen and oxygen atoms in total. The van der Waals surface area contributed by atoms with Crippen LogP contribution >= 0.6 is 11.8 Å². The molecule has 0 aliphatic carbocycles. The molecule has 1 fully saturated rings. The van der Waals surface area contributed by atoms with Crippen LogP contribution in [-0.4, -0.2) is 30.8 Å². The van der Waals surface area contributed by atoms with E-state index >= 15 is 0 Å². The van der Waals surface area contributed by atoms with Gasteiger partial charge in [0.1, 0.15) is 0 Å². The largest absolute Gasteiger partial charge is 0.413 e. The third-order valence-electron chi connectivity index (χ3n) is 4.00. The van der Waals surface area contributed by atoms with Crippen LogP contribution < -0.4 is 5.32 Å². The number of β-lactam (4-membered cyclic amide) rings is 1. The Bertz CT molecular complexity index is 379. The highest BCUT2D eigenvalue weighted by Crippen LogP contribution is 2.40. The van der Waals surface area contributed by atoms with Crippen LogP contribution in [0.3, 0.4) is 0 Å². The smallest absolute Gasteiger partial charge is 0.229 e. The van der Waals surface area contributed by atoms with Crippen molar-refractivity contribution in [3.8, 4) is 0 Å². The summed E-state index contributed by atoms with van der Waals surface area (Å²) in [5.74, 6) is -0.229. The molecular weight excluding hydrogens is 278 g/mol. The van der Waals surface area contributed by atoms with Crippen molar-refractivity contribution in [1.29, 1.82) is 0 Å². The Balaban J connectivity index is 2.69. The molecular formula is C13H25NO3SSi. The van der Waals surface area contributed by atoms with Crippen LogP contribution in [0.5, 0.6) is 0 Å². The molecule has 1 amide bonds. The van der Waals surface area contributed by atoms with Gasteiger partial charge in [0.05, 0.1) is 17.4 Å². The summed E-state index contributed by atoms with van der Waals surface area (Å²) in [6, 6.07) is 0. The number of rotatable bonds is 4. The first-order chi connectivity index (χ1) is 8.45. The third kappa shape index (κ3) is 3.83. The van der Waals surface area contributed by atoms with Crippen molar-refractivity contribution in [3.05, 3.63) is 0 Å². The molecule has 6 heteroatoms. The first kappa shape index (κ1) is 16.7. The number of nitrogens with one attached hydrogen (secondary N) is 1. The molecule has 1 heterocycles. The summed E-state index contributed by atoms with van der Waals surface area (Å²) in [6.45, 7) is 14.3. The average Bonchev–Trinajstić information content (AvgIpc) is 2.12. The van der Waals surface area contributed by atoms with Crippen LogP contribution in [0.25, 0.3) is 0 Å². The molecule has 1 aliphatic heterocycles. The van der Waals surface area contributed by atoms with Crippen molar-refractivity contribution in [2.24, 2.45) is 5.92 Å². The van der Waals surface area contributed by atoms with Gasteiger partial charge in [0, 0.05) is 6.92 Å². The van der Waals surface area contributed by atoms with Crippen molar-refractivity contribution >= 4 is 31.1 Å². The second-order valence-corrected chi connectivity index (χ2v) is 12.7. The highest BCUT2D eigenvalue weighted by atomic mass is 32.2. The molecule has 0 bridgehead atoms. The zero-order chi connectivity index (χ0) is 15.0. The van der Waals surface area contributed by atoms with E-state index in [1.165, 1.54) is 18.7 Å². The van der Waals surface area contributed by atoms with E-state index < -0.39 is 8.32 Å². The van der Waals surface area contributed by atoms with Crippen LogP contribution in [0.15, 0.2) is 0 Å². The van der Waals surface area contributed by atoms with E-state index in [4.69, 9.17) is 4.43 Å². The van der Waals surface area contributed by atoms with Gasteiger partial charge >= 0.3 is 0 Å². The lowest BCUT2D eigenvalue weighted by Gasteiger charge is -2.44. The zero-order valence-electron chi connectivity index (χ0n) is 12.9. The van der Waals surface area contributed by atoms with E-state index in [9.17, 15) is 9.59 Å². The second-order valence-electron chi connectivity index (χ2n) is 6.65. The molecule has 0 radical (unpaired) electrons. The van der Waals surface area contributed by atoms with E-state index in [0.717, 1.165) is 0 Å². The van der Waals surface area contributed by atoms with Crippen LogP contribution in [0.2, 0.25) is 18.1 Å². The predicted octanol–water partition coefficient (Wildman–Crippen LogP) is 2.75. The van der Waals surface area contributed by atoms with E-state index in [2.05, 4.69) is 39.2 Å². The predicted molar refractivity (Wildman–Crippen MR) is 81.4 cm³/mol. The van der Waals surface area contributed by atoms with Crippen molar-refractivity contribution in [2.75, 3.05) is 0 Å². The second kappa shape index (κ2) is 5.58. The maximum atomic E-state index is 11.7. The van der Waals surface area contributed by atoms with Crippen molar-refractivity contribution < 1.29 is 14.0 Å². The molecule has 1 N–H and O–H groups in total. The first-order valence-corrected chi connectivity index (χ1v) is 10.4. The highest BCUT2D eigenvalue weighted by Gasteiger charge is 2.48. The SMILES string of the molecule is CC(=O)SC1NC(=O)C1[C@@H](C)O[Si](C)(C)C(C)(C)C. The van der Waals surface area contributed by atoms with Crippen LogP contribution in [0.1, 0.15) is 34.6 Å². The molecule has 1 rings (SSSR count). The Labute approximate surface area is 121 Å². The minimum absolute atomic E-state index is 0.00930. The number of hydrogen-bond donors (Lipinski definition) is 1. The molecule has 0 aromatic rings. The maximum Gasteiger partial charge on any atom is 0.229 e. The summed E-state index contributed by atoms with van der Waals surface area (Å²) in [4.78, 5) is 22.8. The maximum absolute atomic E-state index is 11.7. The van der Waals surface area contributed by atoms with Gasteiger partial charge in [-0.3, -0.25) is 9.59 Å². The number of carbonyl (C=O) groups excluding carboxylic acids is 2. The minimum atomic E-state index is -1.89. The molecule has 19 heavy (non-hydrogen) atoms. The van der Waals surface area contributed by atoms with E-state index in [1.54, 1.807) is 0 Å². The zero-order valence-corrected chi connectivity index (χ0v) is 14.7. The third-order valence-corrected chi connectivity index (χ3v) is 9.57. The van der Waals surface area contributed by atoms with Gasteiger partial charge in [-0.1, -0.05) is 32.5 Å². The summed E-state index contributed by atoms with van der Waals surface area (Å²) in [5.41, 5.74) is 0. The van der Waals surface area contributed by atoms with Gasteiger partial charge in [0.15, 0.2) is 13.4 Å². The molecule has 0 saturated carbocycles. The summed E-state index contributed by atoms with van der Waals surface area (Å²) in [7, 11) is -1.89. The Kier molecular flexibility index (Phi) is 4.91. The minimum Gasteiger partial charge on any atom is -0.413 e. The Morgan fingerprint density at radius 1 is 1.42 bits per heavy atom. The van der Waals surface area contributed by atoms with Crippen LogP contribution in [0, 0.1) is 5.92 Å². The van der Waals surface area contributed by atoms with E-state index in [-0.39, 0.29) is 33.5 Å². The Morgan fingerprint density at radius 2 is 1.95 bits per heavy atom. The summed E-state index contributed by atoms with van der Waals surface area (Å²) < 4.78 is 6.24. The fourth-order valence-corrected chi connectivity index (χ4v) is 4.28. The molecule has 1 aliphatic rings. The number of carbonyl (C=O) groups is 2. The Hall–Kier alpha value is -0.333. The highest BCUT2D eigenvalue weighted by molar-refractivity contribution is 8.14. The Morgan fingerprint density at radius 3 is 2.32 bits per heavy atom. The van der Waals surface area contributed by atoms with Gasteiger partial charge in [-0.05, 0) is 25.1 Å². The lowest BCUT2D eigenvalue weighted by molar-refractivity contribution is -0.136. The van der Waals surface area contributed by atoms with Gasteiger partial charge in [0.2, 0.25) is 5.91 Å². The topological polar surface area (TPSA) is 55.4 Å². The summed E-state index contributed by atoms with van der Waals surface area (Å²) >= 11 is 1.18. The van der Waals surface area contributed by atoms with E-state index in [1.807, 2.05) is 6.92 Å². The molecule has 0 aromatic carbocycles. The van der Waals surface area contributed by atoms with Gasteiger partial charge in [-0.2, -0.15) is 0 Å². The van der Waals surface area contributed by atoms with Crippen LogP contribution in [0.4, 0.5) is 0 Å². The van der Waals surface area contributed by atoms with Gasteiger partial charge in [-0.25, -0.2) is 0 Å². The fourth-order valence-electron chi connectivity index (χ4n) is 1.82. The van der Waals surface area contributed by atoms with Crippen molar-refractivity contribution in [1.82, 2.24) is 5.32 Å². The van der Waals surface area contributed by atoms with Gasteiger partial charge in [0.25, 0.3) is 0 Å². The number of thioether (sulfide) groups is 1. The average molecular weight is 304 g/mol. The molecule has 110 valence electrons. The van der Waals surface area contributed by atoms with Crippen molar-refractivity contribution in [3.63, 3.8) is 0 Å². The van der Waals surface area contributed by atoms with Crippen LogP contribution in [-0.2, 0) is 14.0 Å². The summed E-state index contributed by atoms with van der Waals surface area (Å²) in [6.07, 6.45) is -0.147. The number of amides is 1. The van der Waals surface area contributed by atoms with E-state index in [0.29, 0.717) is 0 Å². The van der Waals surface area contributed by atoms with Gasteiger partial charge in [-0.15, -0.1) is 0 Å². The molecule has 1 saturated heterocycles. The first-order valence-electron chi connectivity index (χ1n) is 6.61. The molecule has 3 atom stereocenters. The normalized spacial score (nSPS) is 25.5. The molecule has 0 aromatic heterocycles. The molecule has 2 unspecified atom stereocenters. The number of hydrogen-bond acceptors (Lipinski definition) is 4. The molecule has 0 spiro atoms. The lowest BCUT2D eigenvalue weighted by atomic mass is 9.96. The quantitative estimate of drug-likeness (QED) is 0.641. The monoisotopic (exact) mass is 303 g/mol.